The van der Waals surface area contributed by atoms with Crippen molar-refractivity contribution < 1.29 is 4.79 Å². The minimum absolute atomic E-state index is 0. The predicted octanol–water partition coefficient (Wildman–Crippen LogP) is 4.21. The van der Waals surface area contributed by atoms with Gasteiger partial charge in [-0.25, -0.2) is 4.98 Å². The van der Waals surface area contributed by atoms with E-state index in [1.807, 2.05) is 10.3 Å². The van der Waals surface area contributed by atoms with Gasteiger partial charge in [-0.1, -0.05) is 38.1 Å². The highest BCUT2D eigenvalue weighted by Crippen LogP contribution is 2.26. The summed E-state index contributed by atoms with van der Waals surface area (Å²) in [4.78, 5) is 19.1. The molecule has 1 saturated heterocycles. The fourth-order valence-electron chi connectivity index (χ4n) is 2.73. The van der Waals surface area contributed by atoms with Gasteiger partial charge < -0.3 is 10.2 Å². The van der Waals surface area contributed by atoms with Crippen LogP contribution in [0.2, 0.25) is 0 Å². The molecule has 1 aliphatic rings. The Morgan fingerprint density at radius 2 is 1.88 bits per heavy atom. The first kappa shape index (κ1) is 21.9. The Balaban J connectivity index is 0.00000156. The summed E-state index contributed by atoms with van der Waals surface area (Å²) in [6, 6.07) is 8.48. The highest BCUT2D eigenvalue weighted by molar-refractivity contribution is 7.13. The first-order valence-corrected chi connectivity index (χ1v) is 9.09. The summed E-state index contributed by atoms with van der Waals surface area (Å²) < 4.78 is 0. The minimum Gasteiger partial charge on any atom is -0.336 e. The number of carbonyl (C=O) groups excluding carboxylic acids is 1. The quantitative estimate of drug-likeness (QED) is 0.837. The SMILES string of the molecule is CC(C)c1ccc(-c2nc(C(=O)N3CCCNCC3)cs2)cc1.Cl.Cl. The zero-order chi connectivity index (χ0) is 16.2. The van der Waals surface area contributed by atoms with E-state index in [1.54, 1.807) is 11.3 Å². The van der Waals surface area contributed by atoms with E-state index in [2.05, 4.69) is 48.4 Å². The van der Waals surface area contributed by atoms with Crippen LogP contribution in [0.25, 0.3) is 10.6 Å². The summed E-state index contributed by atoms with van der Waals surface area (Å²) in [5.74, 6) is 0.573. The first-order valence-electron chi connectivity index (χ1n) is 8.21. The molecule has 0 atom stereocenters. The highest BCUT2D eigenvalue weighted by atomic mass is 35.5. The Bertz CT molecular complexity index is 665. The van der Waals surface area contributed by atoms with Crippen molar-refractivity contribution in [2.75, 3.05) is 26.2 Å². The normalized spacial score (nSPS) is 14.4. The molecule has 0 unspecified atom stereocenters. The van der Waals surface area contributed by atoms with Crippen LogP contribution < -0.4 is 5.32 Å². The standard InChI is InChI=1S/C18H23N3OS.2ClH/c1-13(2)14-4-6-15(7-5-14)17-20-16(12-23-17)18(22)21-10-3-8-19-9-11-21;;/h4-7,12-13,19H,3,8-11H2,1-2H3;2*1H. The lowest BCUT2D eigenvalue weighted by Crippen LogP contribution is -2.34. The van der Waals surface area contributed by atoms with Gasteiger partial charge in [-0.2, -0.15) is 0 Å². The topological polar surface area (TPSA) is 45.2 Å². The van der Waals surface area contributed by atoms with E-state index in [9.17, 15) is 4.79 Å². The molecule has 2 heterocycles. The fraction of sp³-hybridized carbons (Fsp3) is 0.444. The third kappa shape index (κ3) is 5.42. The average Bonchev–Trinajstić information content (AvgIpc) is 2.90. The third-order valence-electron chi connectivity index (χ3n) is 4.17. The molecule has 0 bridgehead atoms. The Hall–Kier alpha value is -1.14. The molecule has 1 aromatic carbocycles. The van der Waals surface area contributed by atoms with E-state index < -0.39 is 0 Å². The van der Waals surface area contributed by atoms with Crippen molar-refractivity contribution in [1.82, 2.24) is 15.2 Å². The van der Waals surface area contributed by atoms with Crippen LogP contribution in [0.3, 0.4) is 0 Å². The number of rotatable bonds is 3. The smallest absolute Gasteiger partial charge is 0.273 e. The molecule has 1 aliphatic heterocycles. The molecule has 3 rings (SSSR count). The molecule has 1 amide bonds. The van der Waals surface area contributed by atoms with Crippen molar-refractivity contribution in [3.05, 3.63) is 40.9 Å². The van der Waals surface area contributed by atoms with Gasteiger partial charge >= 0.3 is 0 Å². The van der Waals surface area contributed by atoms with Crippen LogP contribution in [0.1, 0.15) is 42.2 Å². The van der Waals surface area contributed by atoms with Crippen molar-refractivity contribution >= 4 is 42.1 Å². The van der Waals surface area contributed by atoms with Gasteiger partial charge in [0, 0.05) is 30.6 Å². The van der Waals surface area contributed by atoms with Crippen LogP contribution >= 0.6 is 36.2 Å². The number of aromatic nitrogens is 1. The molecule has 0 aliphatic carbocycles. The van der Waals surface area contributed by atoms with Crippen LogP contribution in [-0.4, -0.2) is 42.0 Å². The second kappa shape index (κ2) is 10.1. The minimum atomic E-state index is 0. The maximum absolute atomic E-state index is 12.6. The molecule has 2 aromatic rings. The lowest BCUT2D eigenvalue weighted by molar-refractivity contribution is 0.0761. The van der Waals surface area contributed by atoms with Gasteiger partial charge in [0.05, 0.1) is 0 Å². The summed E-state index contributed by atoms with van der Waals surface area (Å²) in [7, 11) is 0. The van der Waals surface area contributed by atoms with Crippen LogP contribution in [0, 0.1) is 0 Å². The summed E-state index contributed by atoms with van der Waals surface area (Å²) in [6.45, 7) is 7.78. The Labute approximate surface area is 165 Å². The summed E-state index contributed by atoms with van der Waals surface area (Å²) in [5, 5.41) is 6.11. The number of halogens is 2. The molecule has 138 valence electrons. The van der Waals surface area contributed by atoms with Gasteiger partial charge in [-0.15, -0.1) is 36.2 Å². The number of benzene rings is 1. The van der Waals surface area contributed by atoms with Gasteiger partial charge in [0.15, 0.2) is 0 Å². The van der Waals surface area contributed by atoms with E-state index in [0.29, 0.717) is 11.6 Å². The van der Waals surface area contributed by atoms with Gasteiger partial charge in [0.25, 0.3) is 5.91 Å². The van der Waals surface area contributed by atoms with Gasteiger partial charge in [-0.05, 0) is 24.4 Å². The van der Waals surface area contributed by atoms with Gasteiger partial charge in [-0.3, -0.25) is 4.79 Å². The second-order valence-corrected chi connectivity index (χ2v) is 7.07. The largest absolute Gasteiger partial charge is 0.336 e. The number of carbonyl (C=O) groups is 1. The second-order valence-electron chi connectivity index (χ2n) is 6.21. The van der Waals surface area contributed by atoms with E-state index in [1.165, 1.54) is 5.56 Å². The summed E-state index contributed by atoms with van der Waals surface area (Å²) >= 11 is 1.54. The maximum atomic E-state index is 12.6. The third-order valence-corrected chi connectivity index (χ3v) is 5.07. The number of hydrogen-bond donors (Lipinski definition) is 1. The molecule has 1 fully saturated rings. The number of nitrogens with one attached hydrogen (secondary N) is 1. The number of hydrogen-bond acceptors (Lipinski definition) is 4. The number of nitrogens with zero attached hydrogens (tertiary/aromatic N) is 2. The highest BCUT2D eigenvalue weighted by Gasteiger charge is 2.20. The molecule has 0 saturated carbocycles. The average molecular weight is 402 g/mol. The molecule has 1 N–H and O–H groups in total. The molecule has 1 aromatic heterocycles. The van der Waals surface area contributed by atoms with E-state index in [0.717, 1.165) is 43.2 Å². The van der Waals surface area contributed by atoms with E-state index in [-0.39, 0.29) is 30.7 Å². The molecule has 0 radical (unpaired) electrons. The lowest BCUT2D eigenvalue weighted by atomic mass is 10.0. The molecule has 0 spiro atoms. The molecule has 7 heteroatoms. The molecular formula is C18H25Cl2N3OS. The zero-order valence-electron chi connectivity index (χ0n) is 14.5. The van der Waals surface area contributed by atoms with Crippen molar-refractivity contribution in [2.45, 2.75) is 26.2 Å². The lowest BCUT2D eigenvalue weighted by Gasteiger charge is -2.18. The Morgan fingerprint density at radius 1 is 1.16 bits per heavy atom. The fourth-order valence-corrected chi connectivity index (χ4v) is 3.53. The van der Waals surface area contributed by atoms with Crippen molar-refractivity contribution in [2.24, 2.45) is 0 Å². The maximum Gasteiger partial charge on any atom is 0.273 e. The van der Waals surface area contributed by atoms with E-state index in [4.69, 9.17) is 0 Å². The van der Waals surface area contributed by atoms with Crippen LogP contribution in [-0.2, 0) is 0 Å². The number of amides is 1. The number of thiazole rings is 1. The van der Waals surface area contributed by atoms with Gasteiger partial charge in [0.1, 0.15) is 10.7 Å². The van der Waals surface area contributed by atoms with Crippen LogP contribution in [0.15, 0.2) is 29.6 Å². The molecular weight excluding hydrogens is 377 g/mol. The van der Waals surface area contributed by atoms with Crippen molar-refractivity contribution in [3.8, 4) is 10.6 Å². The Kier molecular flexibility index (Phi) is 8.86. The monoisotopic (exact) mass is 401 g/mol. The van der Waals surface area contributed by atoms with Gasteiger partial charge in [0.2, 0.25) is 0 Å². The van der Waals surface area contributed by atoms with E-state index >= 15 is 0 Å². The summed E-state index contributed by atoms with van der Waals surface area (Å²) in [5.41, 5.74) is 2.97. The van der Waals surface area contributed by atoms with Crippen molar-refractivity contribution in [1.29, 1.82) is 0 Å². The predicted molar refractivity (Wildman–Crippen MR) is 110 cm³/mol. The Morgan fingerprint density at radius 3 is 2.56 bits per heavy atom. The zero-order valence-corrected chi connectivity index (χ0v) is 17.0. The van der Waals surface area contributed by atoms with Crippen molar-refractivity contribution in [3.63, 3.8) is 0 Å². The molecule has 25 heavy (non-hydrogen) atoms. The van der Waals surface area contributed by atoms with Crippen LogP contribution in [0.5, 0.6) is 0 Å². The first-order chi connectivity index (χ1) is 11.1. The summed E-state index contributed by atoms with van der Waals surface area (Å²) in [6.07, 6.45) is 0.999. The van der Waals surface area contributed by atoms with Crippen LogP contribution in [0.4, 0.5) is 0 Å². The molecule has 4 nitrogen and oxygen atoms in total.